The summed E-state index contributed by atoms with van der Waals surface area (Å²) in [5, 5.41) is 3.22. The van der Waals surface area contributed by atoms with Gasteiger partial charge in [-0.1, -0.05) is 29.8 Å². The number of hydrogen-bond acceptors (Lipinski definition) is 6. The zero-order chi connectivity index (χ0) is 14.7. The fourth-order valence-corrected chi connectivity index (χ4v) is 2.41. The molecule has 0 aliphatic carbocycles. The molecule has 110 valence electrons. The standard InChI is InChI=1S/C15H20N6/c1-11-4-6-12(7-5-11)10-17-14-18-13(16)19-15(20-14)21-8-2-3-9-21/h4-7H,2-3,8-10H2,1H3,(H3,16,17,18,19,20). The predicted molar refractivity (Wildman–Crippen MR) is 84.2 cm³/mol. The van der Waals surface area contributed by atoms with Crippen LogP contribution in [0.25, 0.3) is 0 Å². The quantitative estimate of drug-likeness (QED) is 0.893. The molecule has 1 fully saturated rings. The topological polar surface area (TPSA) is 80.0 Å². The Morgan fingerprint density at radius 2 is 1.81 bits per heavy atom. The van der Waals surface area contributed by atoms with E-state index in [4.69, 9.17) is 5.73 Å². The van der Waals surface area contributed by atoms with Crippen LogP contribution in [0.15, 0.2) is 24.3 Å². The lowest BCUT2D eigenvalue weighted by atomic mass is 10.1. The molecular formula is C15H20N6. The molecule has 0 unspecified atom stereocenters. The molecule has 3 rings (SSSR count). The van der Waals surface area contributed by atoms with E-state index >= 15 is 0 Å². The summed E-state index contributed by atoms with van der Waals surface area (Å²) in [6.07, 6.45) is 2.36. The van der Waals surface area contributed by atoms with Crippen LogP contribution in [-0.2, 0) is 6.54 Å². The van der Waals surface area contributed by atoms with E-state index in [1.54, 1.807) is 0 Å². The van der Waals surface area contributed by atoms with Crippen LogP contribution >= 0.6 is 0 Å². The van der Waals surface area contributed by atoms with Crippen LogP contribution in [-0.4, -0.2) is 28.0 Å². The summed E-state index contributed by atoms with van der Waals surface area (Å²) in [7, 11) is 0. The van der Waals surface area contributed by atoms with Crippen LogP contribution in [0.1, 0.15) is 24.0 Å². The van der Waals surface area contributed by atoms with Crippen molar-refractivity contribution in [1.82, 2.24) is 15.0 Å². The maximum Gasteiger partial charge on any atom is 0.231 e. The predicted octanol–water partition coefficient (Wildman–Crippen LogP) is 1.97. The maximum absolute atomic E-state index is 5.79. The first-order valence-corrected chi connectivity index (χ1v) is 7.26. The van der Waals surface area contributed by atoms with Crippen molar-refractivity contribution in [1.29, 1.82) is 0 Å². The minimum atomic E-state index is 0.262. The summed E-state index contributed by atoms with van der Waals surface area (Å²) in [5.41, 5.74) is 8.22. The Balaban J connectivity index is 1.71. The summed E-state index contributed by atoms with van der Waals surface area (Å²) < 4.78 is 0. The zero-order valence-electron chi connectivity index (χ0n) is 12.2. The lowest BCUT2D eigenvalue weighted by Crippen LogP contribution is -2.22. The monoisotopic (exact) mass is 284 g/mol. The third-order valence-electron chi connectivity index (χ3n) is 3.60. The number of rotatable bonds is 4. The van der Waals surface area contributed by atoms with Crippen molar-refractivity contribution >= 4 is 17.8 Å². The molecule has 1 aliphatic heterocycles. The normalized spacial score (nSPS) is 14.4. The molecule has 0 amide bonds. The Kier molecular flexibility index (Phi) is 3.85. The maximum atomic E-state index is 5.79. The van der Waals surface area contributed by atoms with Crippen molar-refractivity contribution in [2.45, 2.75) is 26.3 Å². The van der Waals surface area contributed by atoms with E-state index in [-0.39, 0.29) is 5.95 Å². The Hall–Kier alpha value is -2.37. The van der Waals surface area contributed by atoms with Gasteiger partial charge in [0.05, 0.1) is 0 Å². The van der Waals surface area contributed by atoms with Gasteiger partial charge in [-0.05, 0) is 25.3 Å². The van der Waals surface area contributed by atoms with Gasteiger partial charge < -0.3 is 16.0 Å². The minimum absolute atomic E-state index is 0.262. The summed E-state index contributed by atoms with van der Waals surface area (Å²) >= 11 is 0. The van der Waals surface area contributed by atoms with Crippen molar-refractivity contribution in [3.8, 4) is 0 Å². The van der Waals surface area contributed by atoms with Gasteiger partial charge in [-0.25, -0.2) is 0 Å². The molecule has 0 atom stereocenters. The molecular weight excluding hydrogens is 264 g/mol. The number of nitrogen functional groups attached to an aromatic ring is 1. The summed E-state index contributed by atoms with van der Waals surface area (Å²) in [5.74, 6) is 1.47. The van der Waals surface area contributed by atoms with Crippen molar-refractivity contribution < 1.29 is 0 Å². The second kappa shape index (κ2) is 5.95. The van der Waals surface area contributed by atoms with Gasteiger partial charge in [-0.3, -0.25) is 0 Å². The summed E-state index contributed by atoms with van der Waals surface area (Å²) in [6, 6.07) is 8.37. The van der Waals surface area contributed by atoms with Crippen molar-refractivity contribution in [2.75, 3.05) is 29.0 Å². The summed E-state index contributed by atoms with van der Waals surface area (Å²) in [6.45, 7) is 4.72. The molecule has 1 aliphatic rings. The van der Waals surface area contributed by atoms with Crippen molar-refractivity contribution in [2.24, 2.45) is 0 Å². The van der Waals surface area contributed by atoms with E-state index in [2.05, 4.69) is 56.4 Å². The Morgan fingerprint density at radius 1 is 1.10 bits per heavy atom. The second-order valence-electron chi connectivity index (χ2n) is 5.35. The lowest BCUT2D eigenvalue weighted by Gasteiger charge is -2.16. The van der Waals surface area contributed by atoms with Crippen molar-refractivity contribution in [3.05, 3.63) is 35.4 Å². The third-order valence-corrected chi connectivity index (χ3v) is 3.60. The average molecular weight is 284 g/mol. The van der Waals surface area contributed by atoms with Crippen LogP contribution in [0.2, 0.25) is 0 Å². The molecule has 1 aromatic carbocycles. The molecule has 2 heterocycles. The minimum Gasteiger partial charge on any atom is -0.368 e. The highest BCUT2D eigenvalue weighted by atomic mass is 15.3. The molecule has 6 nitrogen and oxygen atoms in total. The smallest absolute Gasteiger partial charge is 0.231 e. The molecule has 0 spiro atoms. The molecule has 0 radical (unpaired) electrons. The number of nitrogens with zero attached hydrogens (tertiary/aromatic N) is 4. The number of nitrogens with one attached hydrogen (secondary N) is 1. The van der Waals surface area contributed by atoms with Gasteiger partial charge in [0.15, 0.2) is 0 Å². The van der Waals surface area contributed by atoms with Crippen molar-refractivity contribution in [3.63, 3.8) is 0 Å². The number of aryl methyl sites for hydroxylation is 1. The first-order chi connectivity index (χ1) is 10.2. The molecule has 0 saturated carbocycles. The molecule has 1 saturated heterocycles. The first-order valence-electron chi connectivity index (χ1n) is 7.26. The number of benzene rings is 1. The van der Waals surface area contributed by atoms with Gasteiger partial charge in [0.1, 0.15) is 0 Å². The number of hydrogen-bond donors (Lipinski definition) is 2. The number of nitrogens with two attached hydrogens (primary N) is 1. The molecule has 21 heavy (non-hydrogen) atoms. The largest absolute Gasteiger partial charge is 0.368 e. The van der Waals surface area contributed by atoms with Crippen LogP contribution in [0, 0.1) is 6.92 Å². The molecule has 3 N–H and O–H groups in total. The fourth-order valence-electron chi connectivity index (χ4n) is 2.41. The van der Waals surface area contributed by atoms with E-state index < -0.39 is 0 Å². The zero-order valence-corrected chi connectivity index (χ0v) is 12.2. The van der Waals surface area contributed by atoms with E-state index in [1.165, 1.54) is 24.0 Å². The molecule has 2 aromatic rings. The first kappa shape index (κ1) is 13.6. The van der Waals surface area contributed by atoms with E-state index in [0.29, 0.717) is 18.4 Å². The number of aromatic nitrogens is 3. The van der Waals surface area contributed by atoms with Crippen LogP contribution in [0.3, 0.4) is 0 Å². The van der Waals surface area contributed by atoms with E-state index in [0.717, 1.165) is 13.1 Å². The van der Waals surface area contributed by atoms with Gasteiger partial charge in [-0.2, -0.15) is 15.0 Å². The van der Waals surface area contributed by atoms with Gasteiger partial charge in [0.25, 0.3) is 0 Å². The van der Waals surface area contributed by atoms with E-state index in [1.807, 2.05) is 0 Å². The average Bonchev–Trinajstić information content (AvgIpc) is 3.00. The van der Waals surface area contributed by atoms with Crippen LogP contribution < -0.4 is 16.0 Å². The van der Waals surface area contributed by atoms with Gasteiger partial charge in [0.2, 0.25) is 17.8 Å². The molecule has 0 bridgehead atoms. The fraction of sp³-hybridized carbons (Fsp3) is 0.400. The van der Waals surface area contributed by atoms with Gasteiger partial charge >= 0.3 is 0 Å². The lowest BCUT2D eigenvalue weighted by molar-refractivity contribution is 0.881. The highest BCUT2D eigenvalue weighted by molar-refractivity contribution is 5.42. The van der Waals surface area contributed by atoms with E-state index in [9.17, 15) is 0 Å². The second-order valence-corrected chi connectivity index (χ2v) is 5.35. The van der Waals surface area contributed by atoms with Gasteiger partial charge in [0, 0.05) is 19.6 Å². The summed E-state index contributed by atoms with van der Waals surface area (Å²) in [4.78, 5) is 15.0. The number of anilines is 3. The highest BCUT2D eigenvalue weighted by Gasteiger charge is 2.16. The van der Waals surface area contributed by atoms with Crippen LogP contribution in [0.4, 0.5) is 17.8 Å². The Labute approximate surface area is 124 Å². The Morgan fingerprint density at radius 3 is 2.52 bits per heavy atom. The molecule has 1 aromatic heterocycles. The Bertz CT molecular complexity index is 604. The molecule has 6 heteroatoms. The SMILES string of the molecule is Cc1ccc(CNc2nc(N)nc(N3CCCC3)n2)cc1. The van der Waals surface area contributed by atoms with Crippen LogP contribution in [0.5, 0.6) is 0 Å². The third kappa shape index (κ3) is 3.39. The highest BCUT2D eigenvalue weighted by Crippen LogP contribution is 2.17. The van der Waals surface area contributed by atoms with Gasteiger partial charge in [-0.15, -0.1) is 0 Å².